The van der Waals surface area contributed by atoms with Crippen molar-refractivity contribution in [1.29, 1.82) is 0 Å². The van der Waals surface area contributed by atoms with E-state index < -0.39 is 12.6 Å². The fourth-order valence-electron chi connectivity index (χ4n) is 2.52. The van der Waals surface area contributed by atoms with Gasteiger partial charge in [0.05, 0.1) is 0 Å². The topological polar surface area (TPSA) is 15.3 Å². The summed E-state index contributed by atoms with van der Waals surface area (Å²) in [6.45, 7) is 0.550. The number of hydrogen-bond acceptors (Lipinski definition) is 2. The van der Waals surface area contributed by atoms with Gasteiger partial charge in [0.2, 0.25) is 0 Å². The fourth-order valence-corrected chi connectivity index (χ4v) is 2.52. The first kappa shape index (κ1) is 14.8. The largest absolute Gasteiger partial charge is 0.389 e. The Kier molecular flexibility index (Phi) is 5.73. The van der Waals surface area contributed by atoms with Gasteiger partial charge in [0.1, 0.15) is 0 Å². The molecule has 0 aromatic rings. The van der Waals surface area contributed by atoms with Crippen molar-refractivity contribution in [3.05, 3.63) is 0 Å². The third-order valence-electron chi connectivity index (χ3n) is 3.70. The number of nitrogens with zero attached hydrogens (tertiary/aromatic N) is 1. The van der Waals surface area contributed by atoms with Gasteiger partial charge in [-0.2, -0.15) is 13.2 Å². The Labute approximate surface area is 102 Å². The molecule has 1 fully saturated rings. The van der Waals surface area contributed by atoms with Gasteiger partial charge in [-0.05, 0) is 52.7 Å². The highest BCUT2D eigenvalue weighted by atomic mass is 19.4. The molecule has 2 nitrogen and oxygen atoms in total. The first-order valence-electron chi connectivity index (χ1n) is 6.36. The predicted octanol–water partition coefficient (Wildman–Crippen LogP) is 2.79. The zero-order valence-corrected chi connectivity index (χ0v) is 10.7. The molecule has 1 aliphatic rings. The SMILES string of the molecule is CNC1CCC(N(C)CCCC(F)(F)F)CC1. The van der Waals surface area contributed by atoms with Crippen LogP contribution < -0.4 is 5.32 Å². The highest BCUT2D eigenvalue weighted by molar-refractivity contribution is 4.80. The smallest absolute Gasteiger partial charge is 0.317 e. The molecule has 17 heavy (non-hydrogen) atoms. The van der Waals surface area contributed by atoms with Gasteiger partial charge < -0.3 is 10.2 Å². The minimum atomic E-state index is -4.01. The number of halogens is 3. The van der Waals surface area contributed by atoms with E-state index in [1.807, 2.05) is 14.1 Å². The fraction of sp³-hybridized carbons (Fsp3) is 1.00. The molecule has 0 aromatic heterocycles. The number of rotatable bonds is 5. The Morgan fingerprint density at radius 2 is 1.76 bits per heavy atom. The molecule has 1 N–H and O–H groups in total. The van der Waals surface area contributed by atoms with E-state index >= 15 is 0 Å². The molecule has 0 unspecified atom stereocenters. The summed E-state index contributed by atoms with van der Waals surface area (Å²) in [6, 6.07) is 1.06. The molecule has 0 amide bonds. The van der Waals surface area contributed by atoms with Crippen LogP contribution >= 0.6 is 0 Å². The van der Waals surface area contributed by atoms with Crippen molar-refractivity contribution in [3.63, 3.8) is 0 Å². The normalized spacial score (nSPS) is 26.5. The molecule has 0 spiro atoms. The molecule has 0 saturated heterocycles. The molecule has 1 saturated carbocycles. The van der Waals surface area contributed by atoms with Gasteiger partial charge in [-0.15, -0.1) is 0 Å². The van der Waals surface area contributed by atoms with Gasteiger partial charge in [-0.3, -0.25) is 0 Å². The van der Waals surface area contributed by atoms with Gasteiger partial charge in [-0.25, -0.2) is 0 Å². The van der Waals surface area contributed by atoms with Gasteiger partial charge in [-0.1, -0.05) is 0 Å². The zero-order valence-electron chi connectivity index (χ0n) is 10.7. The first-order valence-corrected chi connectivity index (χ1v) is 6.36. The number of alkyl halides is 3. The van der Waals surface area contributed by atoms with Crippen molar-refractivity contribution in [3.8, 4) is 0 Å². The van der Waals surface area contributed by atoms with Crippen molar-refractivity contribution >= 4 is 0 Å². The number of nitrogens with one attached hydrogen (secondary N) is 1. The van der Waals surface area contributed by atoms with Crippen molar-refractivity contribution in [2.24, 2.45) is 0 Å². The third kappa shape index (κ3) is 5.73. The lowest BCUT2D eigenvalue weighted by Gasteiger charge is -2.34. The Morgan fingerprint density at radius 3 is 2.24 bits per heavy atom. The summed E-state index contributed by atoms with van der Waals surface area (Å²) in [6.07, 6.45) is -0.0165. The van der Waals surface area contributed by atoms with Crippen LogP contribution in [0.1, 0.15) is 38.5 Å². The van der Waals surface area contributed by atoms with E-state index in [9.17, 15) is 13.2 Å². The average Bonchev–Trinajstić information content (AvgIpc) is 2.27. The van der Waals surface area contributed by atoms with Crippen LogP contribution in [0.2, 0.25) is 0 Å². The highest BCUT2D eigenvalue weighted by Crippen LogP contribution is 2.24. The summed E-state index contributed by atoms with van der Waals surface area (Å²) in [5, 5.41) is 3.26. The zero-order chi connectivity index (χ0) is 12.9. The molecule has 1 rings (SSSR count). The van der Waals surface area contributed by atoms with Crippen LogP contribution in [0.4, 0.5) is 13.2 Å². The van der Waals surface area contributed by atoms with E-state index in [0.29, 0.717) is 18.6 Å². The van der Waals surface area contributed by atoms with Crippen LogP contribution in [-0.4, -0.2) is 43.8 Å². The van der Waals surface area contributed by atoms with Crippen LogP contribution in [0.5, 0.6) is 0 Å². The van der Waals surface area contributed by atoms with Crippen molar-refractivity contribution in [2.45, 2.75) is 56.8 Å². The lowest BCUT2D eigenvalue weighted by molar-refractivity contribution is -0.136. The summed E-state index contributed by atoms with van der Waals surface area (Å²) in [5.41, 5.74) is 0. The highest BCUT2D eigenvalue weighted by Gasteiger charge is 2.27. The van der Waals surface area contributed by atoms with Gasteiger partial charge in [0.15, 0.2) is 0 Å². The Balaban J connectivity index is 2.18. The lowest BCUT2D eigenvalue weighted by Crippen LogP contribution is -2.40. The molecule has 0 radical (unpaired) electrons. The monoisotopic (exact) mass is 252 g/mol. The molecule has 5 heteroatoms. The van der Waals surface area contributed by atoms with E-state index in [-0.39, 0.29) is 6.42 Å². The van der Waals surface area contributed by atoms with Crippen LogP contribution in [0, 0.1) is 0 Å². The minimum absolute atomic E-state index is 0.214. The molecule has 1 aliphatic carbocycles. The summed E-state index contributed by atoms with van der Waals surface area (Å²) in [4.78, 5) is 2.09. The third-order valence-corrected chi connectivity index (χ3v) is 3.70. The number of hydrogen-bond donors (Lipinski definition) is 1. The van der Waals surface area contributed by atoms with E-state index in [0.717, 1.165) is 25.7 Å². The quantitative estimate of drug-likeness (QED) is 0.809. The maximum absolute atomic E-state index is 12.0. The summed E-state index contributed by atoms with van der Waals surface area (Å²) >= 11 is 0. The summed E-state index contributed by atoms with van der Waals surface area (Å²) in [5.74, 6) is 0. The second kappa shape index (κ2) is 6.59. The average molecular weight is 252 g/mol. The molecule has 0 heterocycles. The molecule has 0 atom stereocenters. The molecular formula is C12H23F3N2. The van der Waals surface area contributed by atoms with Gasteiger partial charge >= 0.3 is 6.18 Å². The Morgan fingerprint density at radius 1 is 1.18 bits per heavy atom. The minimum Gasteiger partial charge on any atom is -0.317 e. The first-order chi connectivity index (χ1) is 7.92. The standard InChI is InChI=1S/C12H23F3N2/c1-16-10-4-6-11(7-5-10)17(2)9-3-8-12(13,14)15/h10-11,16H,3-9H2,1-2H3. The lowest BCUT2D eigenvalue weighted by atomic mass is 9.90. The van der Waals surface area contributed by atoms with Crippen LogP contribution in [0.15, 0.2) is 0 Å². The second-order valence-corrected chi connectivity index (χ2v) is 4.99. The predicted molar refractivity (Wildman–Crippen MR) is 63.0 cm³/mol. The maximum atomic E-state index is 12.0. The Hall–Kier alpha value is -0.290. The van der Waals surface area contributed by atoms with E-state index in [1.165, 1.54) is 0 Å². The Bertz CT molecular complexity index is 210. The molecule has 0 aromatic carbocycles. The molecular weight excluding hydrogens is 229 g/mol. The van der Waals surface area contributed by atoms with E-state index in [1.54, 1.807) is 0 Å². The van der Waals surface area contributed by atoms with Gasteiger partial charge in [0.25, 0.3) is 0 Å². The molecule has 102 valence electrons. The van der Waals surface area contributed by atoms with Crippen molar-refractivity contribution in [2.75, 3.05) is 20.6 Å². The van der Waals surface area contributed by atoms with Crippen LogP contribution in [0.25, 0.3) is 0 Å². The maximum Gasteiger partial charge on any atom is 0.389 e. The van der Waals surface area contributed by atoms with Crippen molar-refractivity contribution in [1.82, 2.24) is 10.2 Å². The van der Waals surface area contributed by atoms with Gasteiger partial charge in [0, 0.05) is 18.5 Å². The molecule has 0 bridgehead atoms. The van der Waals surface area contributed by atoms with Crippen LogP contribution in [0.3, 0.4) is 0 Å². The summed E-state index contributed by atoms with van der Waals surface area (Å²) in [7, 11) is 3.92. The van der Waals surface area contributed by atoms with Crippen LogP contribution in [-0.2, 0) is 0 Å². The molecule has 0 aliphatic heterocycles. The van der Waals surface area contributed by atoms with E-state index in [4.69, 9.17) is 0 Å². The van der Waals surface area contributed by atoms with Crippen molar-refractivity contribution < 1.29 is 13.2 Å². The van der Waals surface area contributed by atoms with E-state index in [2.05, 4.69) is 10.2 Å². The second-order valence-electron chi connectivity index (χ2n) is 4.99. The summed E-state index contributed by atoms with van der Waals surface area (Å²) < 4.78 is 36.1.